The molecule has 1 aliphatic heterocycles. The van der Waals surface area contributed by atoms with Crippen LogP contribution in [0.25, 0.3) is 0 Å². The van der Waals surface area contributed by atoms with Gasteiger partial charge in [0.25, 0.3) is 0 Å². The van der Waals surface area contributed by atoms with Crippen LogP contribution in [0.5, 0.6) is 5.75 Å². The van der Waals surface area contributed by atoms with E-state index in [1.807, 2.05) is 6.92 Å². The van der Waals surface area contributed by atoms with Crippen LogP contribution in [-0.4, -0.2) is 50.3 Å². The second-order valence-corrected chi connectivity index (χ2v) is 5.36. The van der Waals surface area contributed by atoms with Crippen LogP contribution < -0.4 is 20.7 Å². The number of hydrogen-bond acceptors (Lipinski definition) is 5. The molecular formula is C16H24ClN3O4. The quantitative estimate of drug-likeness (QED) is 0.659. The molecule has 2 amide bonds. The Morgan fingerprint density at radius 3 is 2.92 bits per heavy atom. The highest BCUT2D eigenvalue weighted by Gasteiger charge is 2.27. The van der Waals surface area contributed by atoms with Crippen LogP contribution in [-0.2, 0) is 14.3 Å². The van der Waals surface area contributed by atoms with Crippen LogP contribution in [0.3, 0.4) is 0 Å². The van der Waals surface area contributed by atoms with Crippen molar-refractivity contribution >= 4 is 29.9 Å². The third-order valence-corrected chi connectivity index (χ3v) is 3.42. The summed E-state index contributed by atoms with van der Waals surface area (Å²) in [5.74, 6) is 0.413. The fraction of sp³-hybridized carbons (Fsp3) is 0.500. The van der Waals surface area contributed by atoms with Crippen molar-refractivity contribution in [2.45, 2.75) is 26.0 Å². The molecule has 0 aromatic heterocycles. The first-order valence-electron chi connectivity index (χ1n) is 7.69. The lowest BCUT2D eigenvalue weighted by atomic mass is 10.1. The van der Waals surface area contributed by atoms with Gasteiger partial charge in [0.05, 0.1) is 19.3 Å². The second kappa shape index (κ2) is 10.1. The topological polar surface area (TPSA) is 88.7 Å². The lowest BCUT2D eigenvalue weighted by Gasteiger charge is -2.29. The minimum absolute atomic E-state index is 0. The number of rotatable bonds is 6. The molecule has 2 rings (SSSR count). The smallest absolute Gasteiger partial charge is 0.239 e. The van der Waals surface area contributed by atoms with Crippen LogP contribution in [0.1, 0.15) is 13.8 Å². The monoisotopic (exact) mass is 357 g/mol. The van der Waals surface area contributed by atoms with Gasteiger partial charge in [-0.3, -0.25) is 9.59 Å². The van der Waals surface area contributed by atoms with Gasteiger partial charge in [-0.25, -0.2) is 0 Å². The molecule has 0 radical (unpaired) electrons. The predicted octanol–water partition coefficient (Wildman–Crippen LogP) is 0.939. The molecule has 1 aliphatic rings. The minimum atomic E-state index is -0.327. The molecule has 134 valence electrons. The van der Waals surface area contributed by atoms with Crippen molar-refractivity contribution in [3.8, 4) is 5.75 Å². The van der Waals surface area contributed by atoms with Gasteiger partial charge in [-0.1, -0.05) is 6.07 Å². The Labute approximate surface area is 147 Å². The van der Waals surface area contributed by atoms with Crippen molar-refractivity contribution in [3.05, 3.63) is 24.3 Å². The summed E-state index contributed by atoms with van der Waals surface area (Å²) < 4.78 is 11.0. The van der Waals surface area contributed by atoms with Gasteiger partial charge in [0.15, 0.2) is 0 Å². The minimum Gasteiger partial charge on any atom is -0.492 e. The van der Waals surface area contributed by atoms with Crippen molar-refractivity contribution in [1.29, 1.82) is 0 Å². The van der Waals surface area contributed by atoms with Crippen LogP contribution in [0.2, 0.25) is 0 Å². The summed E-state index contributed by atoms with van der Waals surface area (Å²) in [6.45, 7) is 5.37. The van der Waals surface area contributed by atoms with Gasteiger partial charge in [0.2, 0.25) is 11.8 Å². The van der Waals surface area contributed by atoms with Crippen LogP contribution in [0, 0.1) is 0 Å². The van der Waals surface area contributed by atoms with E-state index in [-0.39, 0.29) is 36.4 Å². The molecule has 0 spiro atoms. The summed E-state index contributed by atoms with van der Waals surface area (Å²) in [6.07, 6.45) is -0.140. The summed E-state index contributed by atoms with van der Waals surface area (Å²) in [5.41, 5.74) is 0.677. The highest BCUT2D eigenvalue weighted by molar-refractivity contribution is 5.88. The molecule has 8 heteroatoms. The average molecular weight is 358 g/mol. The molecule has 1 heterocycles. The maximum absolute atomic E-state index is 12.0. The summed E-state index contributed by atoms with van der Waals surface area (Å²) in [6, 6.07) is 6.79. The standard InChI is InChI=1S/C16H23N3O4.ClH/c1-11-15(17-6-8-22-11)16(21)18-7-9-23-14-5-3-4-13(10-14)19-12(2)20;/h3-5,10-11,15,17H,6-9H2,1-2H3,(H,18,21)(H,19,20);1H/t11-,15+;/m1./s1. The SMILES string of the molecule is CC(=O)Nc1cccc(OCCNC(=O)[C@H]2NCCO[C@@H]2C)c1.Cl. The molecule has 1 saturated heterocycles. The van der Waals surface area contributed by atoms with E-state index < -0.39 is 0 Å². The Morgan fingerprint density at radius 1 is 1.42 bits per heavy atom. The molecule has 2 atom stereocenters. The Bertz CT molecular complexity index is 556. The number of nitrogens with one attached hydrogen (secondary N) is 3. The molecule has 1 aromatic rings. The molecule has 0 bridgehead atoms. The number of carbonyl (C=O) groups is 2. The average Bonchev–Trinajstić information content (AvgIpc) is 2.51. The van der Waals surface area contributed by atoms with E-state index in [1.165, 1.54) is 6.92 Å². The summed E-state index contributed by atoms with van der Waals surface area (Å²) >= 11 is 0. The zero-order valence-electron chi connectivity index (χ0n) is 13.8. The fourth-order valence-electron chi connectivity index (χ4n) is 2.35. The number of ether oxygens (including phenoxy) is 2. The van der Waals surface area contributed by atoms with Gasteiger partial charge in [-0.2, -0.15) is 0 Å². The van der Waals surface area contributed by atoms with Gasteiger partial charge in [0.1, 0.15) is 18.4 Å². The number of amides is 2. The maximum Gasteiger partial charge on any atom is 0.239 e. The molecule has 0 unspecified atom stereocenters. The summed E-state index contributed by atoms with van der Waals surface area (Å²) in [5, 5.41) is 8.65. The van der Waals surface area contributed by atoms with E-state index in [0.29, 0.717) is 37.7 Å². The number of anilines is 1. The van der Waals surface area contributed by atoms with Crippen LogP contribution >= 0.6 is 12.4 Å². The van der Waals surface area contributed by atoms with E-state index in [1.54, 1.807) is 24.3 Å². The fourth-order valence-corrected chi connectivity index (χ4v) is 2.35. The Morgan fingerprint density at radius 2 is 2.21 bits per heavy atom. The lowest BCUT2D eigenvalue weighted by Crippen LogP contribution is -2.55. The Balaban J connectivity index is 0.00000288. The normalized spacial score (nSPS) is 19.8. The van der Waals surface area contributed by atoms with Crippen molar-refractivity contribution < 1.29 is 19.1 Å². The van der Waals surface area contributed by atoms with E-state index >= 15 is 0 Å². The number of hydrogen-bond donors (Lipinski definition) is 3. The van der Waals surface area contributed by atoms with Crippen LogP contribution in [0.4, 0.5) is 5.69 Å². The molecule has 1 aromatic carbocycles. The van der Waals surface area contributed by atoms with Gasteiger partial charge >= 0.3 is 0 Å². The molecule has 0 aliphatic carbocycles. The molecule has 7 nitrogen and oxygen atoms in total. The van der Waals surface area contributed by atoms with Gasteiger partial charge in [-0.05, 0) is 19.1 Å². The summed E-state index contributed by atoms with van der Waals surface area (Å²) in [7, 11) is 0. The zero-order valence-corrected chi connectivity index (χ0v) is 14.7. The summed E-state index contributed by atoms with van der Waals surface area (Å²) in [4.78, 5) is 23.1. The highest BCUT2D eigenvalue weighted by Crippen LogP contribution is 2.17. The Hall–Kier alpha value is -1.83. The zero-order chi connectivity index (χ0) is 16.7. The third-order valence-electron chi connectivity index (χ3n) is 3.42. The number of halogens is 1. The van der Waals surface area contributed by atoms with Crippen molar-refractivity contribution in [3.63, 3.8) is 0 Å². The number of carbonyl (C=O) groups excluding carboxylic acids is 2. The molecule has 1 fully saturated rings. The number of morpholine rings is 1. The van der Waals surface area contributed by atoms with Crippen molar-refractivity contribution in [2.75, 3.05) is 31.6 Å². The molecule has 0 saturated carbocycles. The van der Waals surface area contributed by atoms with E-state index in [0.717, 1.165) is 0 Å². The maximum atomic E-state index is 12.0. The van der Waals surface area contributed by atoms with Gasteiger partial charge in [0, 0.05) is 25.2 Å². The first kappa shape index (κ1) is 20.2. The second-order valence-electron chi connectivity index (χ2n) is 5.36. The van der Waals surface area contributed by atoms with Crippen molar-refractivity contribution in [1.82, 2.24) is 10.6 Å². The van der Waals surface area contributed by atoms with Crippen molar-refractivity contribution in [2.24, 2.45) is 0 Å². The molecular weight excluding hydrogens is 334 g/mol. The van der Waals surface area contributed by atoms with E-state index in [9.17, 15) is 9.59 Å². The van der Waals surface area contributed by atoms with E-state index in [4.69, 9.17) is 9.47 Å². The van der Waals surface area contributed by atoms with Gasteiger partial charge < -0.3 is 25.4 Å². The lowest BCUT2D eigenvalue weighted by molar-refractivity contribution is -0.129. The van der Waals surface area contributed by atoms with Gasteiger partial charge in [-0.15, -0.1) is 12.4 Å². The first-order chi connectivity index (χ1) is 11.1. The largest absolute Gasteiger partial charge is 0.492 e. The third kappa shape index (κ3) is 6.35. The predicted molar refractivity (Wildman–Crippen MR) is 93.7 cm³/mol. The highest BCUT2D eigenvalue weighted by atomic mass is 35.5. The van der Waals surface area contributed by atoms with E-state index in [2.05, 4.69) is 16.0 Å². The Kier molecular flexibility index (Phi) is 8.53. The molecule has 3 N–H and O–H groups in total. The first-order valence-corrected chi connectivity index (χ1v) is 7.69. The number of benzene rings is 1. The molecule has 24 heavy (non-hydrogen) atoms. The van der Waals surface area contributed by atoms with Crippen LogP contribution in [0.15, 0.2) is 24.3 Å².